The molecule has 32 heavy (non-hydrogen) atoms. The minimum absolute atomic E-state index is 0.114. The van der Waals surface area contributed by atoms with E-state index >= 15 is 0 Å². The molecule has 2 aromatic heterocycles. The number of ether oxygens (including phenoxy) is 1. The summed E-state index contributed by atoms with van der Waals surface area (Å²) in [5.74, 6) is 0.446. The summed E-state index contributed by atoms with van der Waals surface area (Å²) in [6.07, 6.45) is 7.07. The molecule has 5 rings (SSSR count). The lowest BCUT2D eigenvalue weighted by molar-refractivity contribution is -0.122. The molecule has 2 heterocycles. The topological polar surface area (TPSA) is 157 Å². The largest absolute Gasteiger partial charge is 0.492 e. The van der Waals surface area contributed by atoms with Crippen molar-refractivity contribution in [3.05, 3.63) is 55.0 Å². The van der Waals surface area contributed by atoms with Crippen molar-refractivity contribution in [3.63, 3.8) is 0 Å². The van der Waals surface area contributed by atoms with Crippen LogP contribution in [0.4, 0.5) is 5.69 Å². The fourth-order valence-corrected chi connectivity index (χ4v) is 3.34. The molecule has 2 aromatic carbocycles. The minimum Gasteiger partial charge on any atom is -0.491 e. The summed E-state index contributed by atoms with van der Waals surface area (Å²) < 4.78 is 7.65. The van der Waals surface area contributed by atoms with Gasteiger partial charge in [-0.15, -0.1) is 0 Å². The molecule has 0 aliphatic heterocycles. The minimum atomic E-state index is -1.66. The number of rotatable bonds is 5. The first-order chi connectivity index (χ1) is 15.5. The van der Waals surface area contributed by atoms with Crippen LogP contribution in [-0.4, -0.2) is 54.8 Å². The molecule has 0 spiro atoms. The lowest BCUT2D eigenvalue weighted by atomic mass is 9.77. The standard InChI is InChI=1S/C20H18BN5O3.CH2O2/c22-17-11-23-25-18-8-12(2-5-14(17)18)15-9-16(21(27)28)20(29-13-3-4-13)10-19(15)26-7-1-6-24-26;2-1-3/h1-2,5-11,13,27-28H,3-4H2,(H2,22,25);1H,(H,2,3). The number of hydrogen-bond donors (Lipinski definition) is 4. The molecule has 0 saturated heterocycles. The number of nitrogen functional groups attached to an aromatic ring is 1. The molecule has 4 aromatic rings. The number of carboxylic acid groups (broad SMARTS) is 1. The zero-order chi connectivity index (χ0) is 22.7. The lowest BCUT2D eigenvalue weighted by Crippen LogP contribution is -2.32. The van der Waals surface area contributed by atoms with Gasteiger partial charge in [0.05, 0.1) is 29.2 Å². The summed E-state index contributed by atoms with van der Waals surface area (Å²) in [4.78, 5) is 8.36. The van der Waals surface area contributed by atoms with Gasteiger partial charge in [-0.1, -0.05) is 6.07 Å². The first-order valence-corrected chi connectivity index (χ1v) is 9.81. The van der Waals surface area contributed by atoms with Crippen LogP contribution in [0.15, 0.2) is 55.0 Å². The van der Waals surface area contributed by atoms with Crippen LogP contribution in [0, 0.1) is 0 Å². The smallest absolute Gasteiger partial charge is 0.491 e. The van der Waals surface area contributed by atoms with Crippen LogP contribution < -0.4 is 15.9 Å². The van der Waals surface area contributed by atoms with Crippen molar-refractivity contribution in [1.82, 2.24) is 20.0 Å². The molecule has 0 radical (unpaired) electrons. The van der Waals surface area contributed by atoms with E-state index in [4.69, 9.17) is 20.4 Å². The average molecular weight is 433 g/mol. The molecule has 0 unspecified atom stereocenters. The summed E-state index contributed by atoms with van der Waals surface area (Å²) in [7, 11) is -1.66. The van der Waals surface area contributed by atoms with Crippen molar-refractivity contribution < 1.29 is 24.7 Å². The highest BCUT2D eigenvalue weighted by Crippen LogP contribution is 2.34. The molecule has 1 saturated carbocycles. The number of fused-ring (bicyclic) bond motifs is 1. The number of hydrogen-bond acceptors (Lipinski definition) is 8. The third kappa shape index (κ3) is 4.38. The summed E-state index contributed by atoms with van der Waals surface area (Å²) in [5.41, 5.74) is 9.83. The van der Waals surface area contributed by atoms with Crippen LogP contribution in [0.1, 0.15) is 12.8 Å². The Hall–Kier alpha value is -3.96. The Labute approximate surface area is 183 Å². The van der Waals surface area contributed by atoms with Crippen molar-refractivity contribution in [1.29, 1.82) is 0 Å². The number of nitrogens with zero attached hydrogens (tertiary/aromatic N) is 4. The molecule has 0 atom stereocenters. The van der Waals surface area contributed by atoms with Gasteiger partial charge in [-0.2, -0.15) is 15.3 Å². The first-order valence-electron chi connectivity index (χ1n) is 9.81. The predicted octanol–water partition coefficient (Wildman–Crippen LogP) is 0.987. The summed E-state index contributed by atoms with van der Waals surface area (Å²) in [6, 6.07) is 11.0. The van der Waals surface area contributed by atoms with Crippen molar-refractivity contribution in [2.75, 3.05) is 5.73 Å². The molecule has 162 valence electrons. The fourth-order valence-electron chi connectivity index (χ4n) is 3.34. The zero-order valence-corrected chi connectivity index (χ0v) is 16.9. The van der Waals surface area contributed by atoms with E-state index in [1.165, 1.54) is 6.20 Å². The average Bonchev–Trinajstić information content (AvgIpc) is 3.42. The number of carbonyl (C=O) groups is 1. The second kappa shape index (κ2) is 9.04. The van der Waals surface area contributed by atoms with Gasteiger partial charge in [0.25, 0.3) is 6.47 Å². The summed E-state index contributed by atoms with van der Waals surface area (Å²) >= 11 is 0. The van der Waals surface area contributed by atoms with Crippen LogP contribution in [0.3, 0.4) is 0 Å². The van der Waals surface area contributed by atoms with Crippen molar-refractivity contribution >= 4 is 35.6 Å². The highest BCUT2D eigenvalue weighted by molar-refractivity contribution is 6.60. The molecule has 0 amide bonds. The van der Waals surface area contributed by atoms with Crippen LogP contribution in [0.2, 0.25) is 0 Å². The highest BCUT2D eigenvalue weighted by atomic mass is 16.5. The van der Waals surface area contributed by atoms with Gasteiger partial charge >= 0.3 is 7.12 Å². The van der Waals surface area contributed by atoms with E-state index in [2.05, 4.69) is 15.3 Å². The van der Waals surface area contributed by atoms with Gasteiger partial charge in [0, 0.05) is 34.9 Å². The SMILES string of the molecule is Nc1cnnc2cc(-c3cc(B(O)O)c(OC4CC4)cc3-n3cccn3)ccc12.O=CO. The third-order valence-electron chi connectivity index (χ3n) is 4.96. The molecular formula is C21H20BN5O5. The van der Waals surface area contributed by atoms with Gasteiger partial charge in [0.2, 0.25) is 0 Å². The molecular weight excluding hydrogens is 413 g/mol. The molecule has 1 aliphatic rings. The van der Waals surface area contributed by atoms with Crippen molar-refractivity contribution in [2.24, 2.45) is 0 Å². The van der Waals surface area contributed by atoms with Crippen LogP contribution in [0.5, 0.6) is 5.75 Å². The summed E-state index contributed by atoms with van der Waals surface area (Å²) in [5, 5.41) is 40.0. The van der Waals surface area contributed by atoms with Gasteiger partial charge in [0.15, 0.2) is 0 Å². The van der Waals surface area contributed by atoms with Crippen LogP contribution in [-0.2, 0) is 4.79 Å². The Morgan fingerprint density at radius 3 is 2.66 bits per heavy atom. The Kier molecular flexibility index (Phi) is 6.01. The summed E-state index contributed by atoms with van der Waals surface area (Å²) in [6.45, 7) is -0.250. The Bertz CT molecular complexity index is 1250. The van der Waals surface area contributed by atoms with Gasteiger partial charge in [-0.05, 0) is 42.7 Å². The van der Waals surface area contributed by atoms with E-state index < -0.39 is 7.12 Å². The van der Waals surface area contributed by atoms with Crippen LogP contribution >= 0.6 is 0 Å². The Balaban J connectivity index is 0.000000775. The Morgan fingerprint density at radius 1 is 1.22 bits per heavy atom. The van der Waals surface area contributed by atoms with Gasteiger partial charge < -0.3 is 25.6 Å². The third-order valence-corrected chi connectivity index (χ3v) is 4.96. The van der Waals surface area contributed by atoms with E-state index in [1.54, 1.807) is 23.0 Å². The maximum Gasteiger partial charge on any atom is 0.492 e. The molecule has 10 nitrogen and oxygen atoms in total. The maximum atomic E-state index is 9.95. The quantitative estimate of drug-likeness (QED) is 0.266. The fraction of sp³-hybridized carbons (Fsp3) is 0.143. The van der Waals surface area contributed by atoms with Gasteiger partial charge in [-0.25, -0.2) is 4.68 Å². The normalized spacial score (nSPS) is 12.7. The molecule has 11 heteroatoms. The van der Waals surface area contributed by atoms with Gasteiger partial charge in [-0.3, -0.25) is 4.79 Å². The molecule has 5 N–H and O–H groups in total. The maximum absolute atomic E-state index is 9.95. The first kappa shape index (κ1) is 21.3. The molecule has 1 fully saturated rings. The highest BCUT2D eigenvalue weighted by Gasteiger charge is 2.28. The van der Waals surface area contributed by atoms with E-state index in [-0.39, 0.29) is 12.6 Å². The molecule has 1 aliphatic carbocycles. The second-order valence-electron chi connectivity index (χ2n) is 7.19. The van der Waals surface area contributed by atoms with Crippen molar-refractivity contribution in [2.45, 2.75) is 18.9 Å². The Morgan fingerprint density at radius 2 is 2.00 bits per heavy atom. The number of nitrogens with two attached hydrogens (primary N) is 1. The van der Waals surface area contributed by atoms with Crippen LogP contribution in [0.25, 0.3) is 27.7 Å². The number of benzene rings is 2. The number of aromatic nitrogens is 4. The lowest BCUT2D eigenvalue weighted by Gasteiger charge is -2.17. The zero-order valence-electron chi connectivity index (χ0n) is 16.9. The number of anilines is 1. The second-order valence-corrected chi connectivity index (χ2v) is 7.19. The van der Waals surface area contributed by atoms with E-state index in [9.17, 15) is 10.0 Å². The van der Waals surface area contributed by atoms with Crippen molar-refractivity contribution in [3.8, 4) is 22.6 Å². The monoisotopic (exact) mass is 433 g/mol. The van der Waals surface area contributed by atoms with E-state index in [0.29, 0.717) is 22.4 Å². The predicted molar refractivity (Wildman–Crippen MR) is 119 cm³/mol. The van der Waals surface area contributed by atoms with E-state index in [0.717, 1.165) is 35.0 Å². The van der Waals surface area contributed by atoms with E-state index in [1.807, 2.05) is 30.5 Å². The molecule has 0 bridgehead atoms. The van der Waals surface area contributed by atoms with Gasteiger partial charge in [0.1, 0.15) is 5.75 Å².